The number of carbonyl (C=O) groups excluding carboxylic acids is 1. The van der Waals surface area contributed by atoms with Crippen molar-refractivity contribution in [2.45, 2.75) is 6.61 Å². The number of hydrogen-bond donors (Lipinski definition) is 1. The van der Waals surface area contributed by atoms with Crippen LogP contribution >= 0.6 is 15.9 Å². The maximum Gasteiger partial charge on any atom is 0.413 e. The van der Waals surface area contributed by atoms with E-state index < -0.39 is 6.09 Å². The van der Waals surface area contributed by atoms with Crippen molar-refractivity contribution in [3.05, 3.63) is 65.1 Å². The molecule has 0 radical (unpaired) electrons. The van der Waals surface area contributed by atoms with Crippen molar-refractivity contribution in [2.75, 3.05) is 5.32 Å². The molecule has 0 unspecified atom stereocenters. The Morgan fingerprint density at radius 2 is 2.00 bits per heavy atom. The summed E-state index contributed by atoms with van der Waals surface area (Å²) in [6.45, 7) is 0.190. The second kappa shape index (κ2) is 7.06. The van der Waals surface area contributed by atoms with E-state index in [0.29, 0.717) is 21.9 Å². The van der Waals surface area contributed by atoms with E-state index in [1.54, 1.807) is 18.2 Å². The van der Waals surface area contributed by atoms with E-state index in [9.17, 15) is 4.79 Å². The van der Waals surface area contributed by atoms with Crippen LogP contribution in [-0.4, -0.2) is 16.1 Å². The van der Waals surface area contributed by atoms with Gasteiger partial charge in [0.2, 0.25) is 0 Å². The van der Waals surface area contributed by atoms with Gasteiger partial charge in [0, 0.05) is 6.07 Å². The first-order chi connectivity index (χ1) is 11.2. The highest BCUT2D eigenvalue weighted by atomic mass is 79.9. The highest BCUT2D eigenvalue weighted by Crippen LogP contribution is 2.24. The van der Waals surface area contributed by atoms with Crippen LogP contribution in [0.25, 0.3) is 11.5 Å². The average Bonchev–Trinajstić information content (AvgIpc) is 3.01. The molecule has 0 aliphatic rings. The van der Waals surface area contributed by atoms with E-state index in [-0.39, 0.29) is 6.61 Å². The van der Waals surface area contributed by atoms with Gasteiger partial charge in [0.15, 0.2) is 10.4 Å². The SMILES string of the molecule is O=C(Nc1cc(-c2ccc(Br)o2)ncn1)OCc1ccccc1. The summed E-state index contributed by atoms with van der Waals surface area (Å²) in [6.07, 6.45) is 0.762. The molecule has 1 amide bonds. The minimum absolute atomic E-state index is 0.190. The molecule has 0 fully saturated rings. The van der Waals surface area contributed by atoms with Crippen molar-refractivity contribution in [3.8, 4) is 11.5 Å². The number of halogens is 1. The molecule has 3 rings (SSSR count). The minimum atomic E-state index is -0.584. The highest BCUT2D eigenvalue weighted by Gasteiger charge is 2.09. The van der Waals surface area contributed by atoms with E-state index in [1.165, 1.54) is 6.33 Å². The summed E-state index contributed by atoms with van der Waals surface area (Å²) in [4.78, 5) is 19.9. The van der Waals surface area contributed by atoms with Gasteiger partial charge >= 0.3 is 6.09 Å². The summed E-state index contributed by atoms with van der Waals surface area (Å²) in [5.41, 5.74) is 1.47. The Hall–Kier alpha value is -2.67. The van der Waals surface area contributed by atoms with Gasteiger partial charge < -0.3 is 9.15 Å². The summed E-state index contributed by atoms with van der Waals surface area (Å²) in [5.74, 6) is 0.903. The van der Waals surface area contributed by atoms with Crippen molar-refractivity contribution in [3.63, 3.8) is 0 Å². The van der Waals surface area contributed by atoms with Crippen LogP contribution in [0.2, 0.25) is 0 Å². The third-order valence-electron chi connectivity index (χ3n) is 2.94. The van der Waals surface area contributed by atoms with Crippen molar-refractivity contribution in [1.29, 1.82) is 0 Å². The molecule has 0 spiro atoms. The molecule has 0 aliphatic carbocycles. The van der Waals surface area contributed by atoms with Crippen molar-refractivity contribution >= 4 is 27.8 Å². The van der Waals surface area contributed by atoms with Gasteiger partial charge in [-0.05, 0) is 33.6 Å². The summed E-state index contributed by atoms with van der Waals surface area (Å²) < 4.78 is 11.2. The largest absolute Gasteiger partial charge is 0.448 e. The van der Waals surface area contributed by atoms with Gasteiger partial charge in [0.25, 0.3) is 0 Å². The number of nitrogens with zero attached hydrogens (tertiary/aromatic N) is 2. The zero-order chi connectivity index (χ0) is 16.1. The Bertz CT molecular complexity index is 805. The molecule has 116 valence electrons. The third-order valence-corrected chi connectivity index (χ3v) is 3.36. The molecule has 23 heavy (non-hydrogen) atoms. The number of furan rings is 1. The molecule has 3 aromatic rings. The Kier molecular flexibility index (Phi) is 4.68. The Balaban J connectivity index is 1.62. The molecule has 6 nitrogen and oxygen atoms in total. The second-order valence-electron chi connectivity index (χ2n) is 4.58. The second-order valence-corrected chi connectivity index (χ2v) is 5.36. The molecule has 0 saturated carbocycles. The number of aromatic nitrogens is 2. The van der Waals surface area contributed by atoms with Crippen LogP contribution in [-0.2, 0) is 11.3 Å². The van der Waals surface area contributed by atoms with Gasteiger partial charge in [-0.2, -0.15) is 0 Å². The smallest absolute Gasteiger partial charge is 0.413 e. The molecule has 0 aliphatic heterocycles. The van der Waals surface area contributed by atoms with E-state index >= 15 is 0 Å². The van der Waals surface area contributed by atoms with Crippen molar-refractivity contribution < 1.29 is 13.9 Å². The van der Waals surface area contributed by atoms with E-state index in [1.807, 2.05) is 30.3 Å². The number of nitrogens with one attached hydrogen (secondary N) is 1. The number of rotatable bonds is 4. The van der Waals surface area contributed by atoms with E-state index in [4.69, 9.17) is 9.15 Å². The van der Waals surface area contributed by atoms with Gasteiger partial charge in [0.1, 0.15) is 24.4 Å². The highest BCUT2D eigenvalue weighted by molar-refractivity contribution is 9.10. The topological polar surface area (TPSA) is 77.3 Å². The number of anilines is 1. The molecule has 2 aromatic heterocycles. The Labute approximate surface area is 140 Å². The fourth-order valence-corrected chi connectivity index (χ4v) is 2.18. The summed E-state index contributed by atoms with van der Waals surface area (Å²) in [6, 6.07) is 14.6. The lowest BCUT2D eigenvalue weighted by Gasteiger charge is -2.07. The zero-order valence-corrected chi connectivity index (χ0v) is 13.5. The molecule has 1 aromatic carbocycles. The van der Waals surface area contributed by atoms with Crippen molar-refractivity contribution in [2.24, 2.45) is 0 Å². The first-order valence-corrected chi connectivity index (χ1v) is 7.55. The summed E-state index contributed by atoms with van der Waals surface area (Å²) >= 11 is 3.23. The van der Waals surface area contributed by atoms with E-state index in [0.717, 1.165) is 5.56 Å². The lowest BCUT2D eigenvalue weighted by molar-refractivity contribution is 0.155. The first kappa shape index (κ1) is 15.2. The number of hydrogen-bond acceptors (Lipinski definition) is 5. The molecular weight excluding hydrogens is 362 g/mol. The average molecular weight is 374 g/mol. The Morgan fingerprint density at radius 3 is 2.74 bits per heavy atom. The van der Waals surface area contributed by atoms with Gasteiger partial charge in [-0.15, -0.1) is 0 Å². The van der Waals surface area contributed by atoms with Gasteiger partial charge in [-0.25, -0.2) is 14.8 Å². The summed E-state index contributed by atoms with van der Waals surface area (Å²) in [5, 5.41) is 2.56. The van der Waals surface area contributed by atoms with Crippen LogP contribution in [0.5, 0.6) is 0 Å². The van der Waals surface area contributed by atoms with Crippen LogP contribution in [0.1, 0.15) is 5.56 Å². The Morgan fingerprint density at radius 1 is 1.17 bits per heavy atom. The minimum Gasteiger partial charge on any atom is -0.448 e. The van der Waals surface area contributed by atoms with Crippen LogP contribution < -0.4 is 5.32 Å². The maximum atomic E-state index is 11.8. The quantitative estimate of drug-likeness (QED) is 0.739. The first-order valence-electron chi connectivity index (χ1n) is 6.76. The van der Waals surface area contributed by atoms with Gasteiger partial charge in [-0.1, -0.05) is 30.3 Å². The van der Waals surface area contributed by atoms with Crippen LogP contribution in [0, 0.1) is 0 Å². The lowest BCUT2D eigenvalue weighted by Crippen LogP contribution is -2.14. The monoisotopic (exact) mass is 373 g/mol. The lowest BCUT2D eigenvalue weighted by atomic mass is 10.2. The predicted octanol–water partition coefficient (Wildman–Crippen LogP) is 4.25. The van der Waals surface area contributed by atoms with Gasteiger partial charge in [-0.3, -0.25) is 5.32 Å². The molecule has 0 atom stereocenters. The zero-order valence-electron chi connectivity index (χ0n) is 11.9. The molecule has 7 heteroatoms. The number of benzene rings is 1. The normalized spacial score (nSPS) is 10.3. The molecule has 0 bridgehead atoms. The number of carbonyl (C=O) groups is 1. The standard InChI is InChI=1S/C16H12BrN3O3/c17-14-7-6-13(23-14)12-8-15(19-10-18-12)20-16(21)22-9-11-4-2-1-3-5-11/h1-8,10H,9H2,(H,18,19,20,21). The van der Waals surface area contributed by atoms with Crippen LogP contribution in [0.15, 0.2) is 63.9 Å². The summed E-state index contributed by atoms with van der Waals surface area (Å²) in [7, 11) is 0. The van der Waals surface area contributed by atoms with E-state index in [2.05, 4.69) is 31.2 Å². The maximum absolute atomic E-state index is 11.8. The van der Waals surface area contributed by atoms with Crippen LogP contribution in [0.4, 0.5) is 10.6 Å². The fraction of sp³-hybridized carbons (Fsp3) is 0.0625. The molecule has 2 heterocycles. The fourth-order valence-electron chi connectivity index (χ4n) is 1.88. The number of amides is 1. The molecular formula is C16H12BrN3O3. The third kappa shape index (κ3) is 4.17. The van der Waals surface area contributed by atoms with Gasteiger partial charge in [0.05, 0.1) is 0 Å². The predicted molar refractivity (Wildman–Crippen MR) is 87.7 cm³/mol. The molecule has 0 saturated heterocycles. The van der Waals surface area contributed by atoms with Crippen molar-refractivity contribution in [1.82, 2.24) is 9.97 Å². The van der Waals surface area contributed by atoms with Crippen LogP contribution in [0.3, 0.4) is 0 Å². The molecule has 1 N–H and O–H groups in total. The number of ether oxygens (including phenoxy) is 1.